The lowest BCUT2D eigenvalue weighted by Gasteiger charge is -2.22. The van der Waals surface area contributed by atoms with Gasteiger partial charge in [0.05, 0.1) is 0 Å². The fraction of sp³-hybridized carbons (Fsp3) is 0.222. The number of rotatable bonds is 1. The summed E-state index contributed by atoms with van der Waals surface area (Å²) < 4.78 is -0.891. The summed E-state index contributed by atoms with van der Waals surface area (Å²) in [6.07, 6.45) is 0. The third-order valence-electron chi connectivity index (χ3n) is 1.69. The number of amides is 1. The number of para-hydroxylation sites is 1. The van der Waals surface area contributed by atoms with Crippen LogP contribution >= 0.6 is 47.8 Å². The van der Waals surface area contributed by atoms with Gasteiger partial charge in [-0.1, -0.05) is 18.2 Å². The average Bonchev–Trinajstić information content (AvgIpc) is 2.15. The van der Waals surface area contributed by atoms with Crippen LogP contribution in [0, 0.1) is 0 Å². The van der Waals surface area contributed by atoms with E-state index in [1.165, 1.54) is 0 Å². The normalized spacial score (nSPS) is 11.1. The molecule has 0 aromatic heterocycles. The molecule has 0 spiro atoms. The molecule has 76 valence electrons. The Kier molecular flexibility index (Phi) is 4.15. The summed E-state index contributed by atoms with van der Waals surface area (Å²) in [7, 11) is 1.72. The molecular weight excluding hydrogens is 378 g/mol. The maximum Gasteiger partial charge on any atom is 0.265 e. The van der Waals surface area contributed by atoms with E-state index in [1.54, 1.807) is 11.9 Å². The predicted octanol–water partition coefficient (Wildman–Crippen LogP) is 3.49. The molecule has 0 radical (unpaired) electrons. The molecule has 5 heteroatoms. The summed E-state index contributed by atoms with van der Waals surface area (Å²) in [6, 6.07) is 9.42. The van der Waals surface area contributed by atoms with Crippen LogP contribution in [0.1, 0.15) is 0 Å². The molecule has 0 atom stereocenters. The van der Waals surface area contributed by atoms with E-state index >= 15 is 0 Å². The molecule has 1 amide bonds. The lowest BCUT2D eigenvalue weighted by molar-refractivity contribution is -0.116. The third kappa shape index (κ3) is 3.07. The first kappa shape index (κ1) is 12.2. The first-order valence-corrected chi connectivity index (χ1v) is 6.21. The standard InChI is InChI=1S/C9H8Br3NO/c1-13(8(14)9(10,11)12)7-5-3-2-4-6-7/h2-6H,1H3. The monoisotopic (exact) mass is 383 g/mol. The van der Waals surface area contributed by atoms with Gasteiger partial charge >= 0.3 is 0 Å². The van der Waals surface area contributed by atoms with E-state index in [9.17, 15) is 4.79 Å². The number of carbonyl (C=O) groups is 1. The van der Waals surface area contributed by atoms with Gasteiger partial charge in [0.1, 0.15) is 0 Å². The molecular formula is C9H8Br3NO. The highest BCUT2D eigenvalue weighted by atomic mass is 80.0. The number of anilines is 1. The van der Waals surface area contributed by atoms with Gasteiger partial charge in [-0.25, -0.2) is 0 Å². The molecule has 0 saturated carbocycles. The number of hydrogen-bond donors (Lipinski definition) is 0. The van der Waals surface area contributed by atoms with Gasteiger partial charge in [-0.05, 0) is 59.9 Å². The molecule has 0 bridgehead atoms. The molecule has 0 fully saturated rings. The zero-order valence-corrected chi connectivity index (χ0v) is 12.1. The third-order valence-corrected chi connectivity index (χ3v) is 2.71. The van der Waals surface area contributed by atoms with Crippen LogP contribution in [-0.4, -0.2) is 15.1 Å². The summed E-state index contributed by atoms with van der Waals surface area (Å²) >= 11 is 9.55. The minimum atomic E-state index is -0.891. The Morgan fingerprint density at radius 3 is 2.14 bits per heavy atom. The summed E-state index contributed by atoms with van der Waals surface area (Å²) in [6.45, 7) is 0. The van der Waals surface area contributed by atoms with E-state index in [4.69, 9.17) is 0 Å². The minimum absolute atomic E-state index is 0.122. The Morgan fingerprint density at radius 1 is 1.21 bits per heavy atom. The predicted molar refractivity (Wildman–Crippen MR) is 69.4 cm³/mol. The second kappa shape index (κ2) is 4.77. The van der Waals surface area contributed by atoms with Crippen LogP contribution < -0.4 is 4.90 Å². The fourth-order valence-corrected chi connectivity index (χ4v) is 1.76. The highest BCUT2D eigenvalue weighted by Crippen LogP contribution is 2.36. The molecule has 2 nitrogen and oxygen atoms in total. The molecule has 14 heavy (non-hydrogen) atoms. The Bertz CT molecular complexity index is 321. The van der Waals surface area contributed by atoms with Crippen molar-refractivity contribution in [2.45, 2.75) is 2.14 Å². The van der Waals surface area contributed by atoms with Gasteiger partial charge < -0.3 is 4.90 Å². The maximum absolute atomic E-state index is 11.8. The molecule has 1 aromatic carbocycles. The first-order chi connectivity index (χ1) is 6.43. The van der Waals surface area contributed by atoms with Crippen LogP contribution in [0.4, 0.5) is 5.69 Å². The topological polar surface area (TPSA) is 20.3 Å². The van der Waals surface area contributed by atoms with Gasteiger partial charge in [0, 0.05) is 12.7 Å². The van der Waals surface area contributed by atoms with Gasteiger partial charge in [0.15, 0.2) is 0 Å². The Labute approximate surface area is 108 Å². The molecule has 0 aliphatic heterocycles. The maximum atomic E-state index is 11.8. The van der Waals surface area contributed by atoms with E-state index in [0.717, 1.165) is 5.69 Å². The number of carbonyl (C=O) groups excluding carboxylic acids is 1. The lowest BCUT2D eigenvalue weighted by Crippen LogP contribution is -2.35. The quantitative estimate of drug-likeness (QED) is 0.678. The van der Waals surface area contributed by atoms with Crippen LogP contribution in [0.2, 0.25) is 0 Å². The van der Waals surface area contributed by atoms with E-state index in [0.29, 0.717) is 0 Å². The van der Waals surface area contributed by atoms with Crippen LogP contribution in [0.25, 0.3) is 0 Å². The number of benzene rings is 1. The molecule has 0 heterocycles. The zero-order chi connectivity index (χ0) is 10.8. The zero-order valence-electron chi connectivity index (χ0n) is 7.38. The van der Waals surface area contributed by atoms with E-state index < -0.39 is 2.14 Å². The molecule has 1 aromatic rings. The largest absolute Gasteiger partial charge is 0.313 e. The van der Waals surface area contributed by atoms with Gasteiger partial charge in [0.2, 0.25) is 2.14 Å². The molecule has 1 rings (SSSR count). The highest BCUT2D eigenvalue weighted by molar-refractivity contribution is 9.40. The van der Waals surface area contributed by atoms with E-state index in [2.05, 4.69) is 47.8 Å². The second-order valence-electron chi connectivity index (χ2n) is 2.70. The number of halogens is 3. The minimum Gasteiger partial charge on any atom is -0.313 e. The summed E-state index contributed by atoms with van der Waals surface area (Å²) in [5.41, 5.74) is 0.847. The van der Waals surface area contributed by atoms with Crippen LogP contribution in [-0.2, 0) is 4.79 Å². The number of alkyl halides is 3. The van der Waals surface area contributed by atoms with Crippen molar-refractivity contribution in [1.29, 1.82) is 0 Å². The van der Waals surface area contributed by atoms with Gasteiger partial charge in [-0.2, -0.15) is 0 Å². The second-order valence-corrected chi connectivity index (χ2v) is 9.46. The van der Waals surface area contributed by atoms with Crippen LogP contribution in [0.3, 0.4) is 0 Å². The fourth-order valence-electron chi connectivity index (χ4n) is 0.959. The van der Waals surface area contributed by atoms with Crippen molar-refractivity contribution in [3.8, 4) is 0 Å². The molecule has 0 N–H and O–H groups in total. The van der Waals surface area contributed by atoms with E-state index in [1.807, 2.05) is 30.3 Å². The molecule has 0 unspecified atom stereocenters. The summed E-state index contributed by atoms with van der Waals surface area (Å²) in [5.74, 6) is -0.122. The Morgan fingerprint density at radius 2 is 1.71 bits per heavy atom. The summed E-state index contributed by atoms with van der Waals surface area (Å²) in [5, 5.41) is 0. The van der Waals surface area contributed by atoms with Crippen molar-refractivity contribution >= 4 is 59.4 Å². The smallest absolute Gasteiger partial charge is 0.265 e. The van der Waals surface area contributed by atoms with Crippen molar-refractivity contribution in [3.05, 3.63) is 30.3 Å². The van der Waals surface area contributed by atoms with Gasteiger partial charge in [-0.3, -0.25) is 4.79 Å². The number of nitrogens with zero attached hydrogens (tertiary/aromatic N) is 1. The Hall–Kier alpha value is 0.130. The van der Waals surface area contributed by atoms with Crippen molar-refractivity contribution in [1.82, 2.24) is 0 Å². The highest BCUT2D eigenvalue weighted by Gasteiger charge is 2.32. The number of hydrogen-bond acceptors (Lipinski definition) is 1. The first-order valence-electron chi connectivity index (χ1n) is 3.83. The lowest BCUT2D eigenvalue weighted by atomic mass is 10.3. The van der Waals surface area contributed by atoms with Crippen molar-refractivity contribution in [2.75, 3.05) is 11.9 Å². The molecule has 0 saturated heterocycles. The van der Waals surface area contributed by atoms with Crippen molar-refractivity contribution < 1.29 is 4.79 Å². The average molecular weight is 386 g/mol. The van der Waals surface area contributed by atoms with Crippen LogP contribution in [0.5, 0.6) is 0 Å². The van der Waals surface area contributed by atoms with Crippen LogP contribution in [0.15, 0.2) is 30.3 Å². The SMILES string of the molecule is CN(C(=O)C(Br)(Br)Br)c1ccccc1. The molecule has 0 aliphatic rings. The Balaban J connectivity index is 2.87. The van der Waals surface area contributed by atoms with Crippen molar-refractivity contribution in [3.63, 3.8) is 0 Å². The van der Waals surface area contributed by atoms with Crippen molar-refractivity contribution in [2.24, 2.45) is 0 Å². The molecule has 0 aliphatic carbocycles. The van der Waals surface area contributed by atoms with E-state index in [-0.39, 0.29) is 5.91 Å². The van der Waals surface area contributed by atoms with Gasteiger partial charge in [0.25, 0.3) is 5.91 Å². The van der Waals surface area contributed by atoms with Gasteiger partial charge in [-0.15, -0.1) is 0 Å². The summed E-state index contributed by atoms with van der Waals surface area (Å²) in [4.78, 5) is 13.3.